The largest absolute Gasteiger partial charge is 0.677 e. The maximum Gasteiger partial charge on any atom is 0.251 e. The minimum Gasteiger partial charge on any atom is -0.677 e. The highest BCUT2D eigenvalue weighted by Gasteiger charge is 2.44. The van der Waals surface area contributed by atoms with Gasteiger partial charge in [-0.05, 0) is 5.92 Å². The first-order valence-corrected chi connectivity index (χ1v) is 4.75. The van der Waals surface area contributed by atoms with Gasteiger partial charge in [-0.1, -0.05) is 13.8 Å². The highest BCUT2D eigenvalue weighted by molar-refractivity contribution is 4.95. The second kappa shape index (κ2) is 3.88. The summed E-state index contributed by atoms with van der Waals surface area (Å²) in [5.41, 5.74) is 7.16. The van der Waals surface area contributed by atoms with E-state index in [-0.39, 0.29) is 24.9 Å². The van der Waals surface area contributed by atoms with Crippen LogP contribution in [0.4, 0.5) is 8.78 Å². The van der Waals surface area contributed by atoms with Crippen molar-refractivity contribution in [3.8, 4) is 0 Å². The minimum atomic E-state index is -2.65. The summed E-state index contributed by atoms with van der Waals surface area (Å²) in [5.74, 6) is -3.30. The van der Waals surface area contributed by atoms with Crippen molar-refractivity contribution in [2.24, 2.45) is 11.8 Å². The standard InChI is InChI=1S/C9H17F2N2/c1-6(2)8-7(5-12)9(10,11)3-4-13-8/h6-8,12-13H,3-5H2,1-2H3/q-1. The number of rotatable bonds is 2. The van der Waals surface area contributed by atoms with Gasteiger partial charge in [-0.25, -0.2) is 8.78 Å². The van der Waals surface area contributed by atoms with E-state index in [1.165, 1.54) is 0 Å². The Balaban J connectivity index is 2.74. The summed E-state index contributed by atoms with van der Waals surface area (Å²) in [6.45, 7) is 4.01. The first kappa shape index (κ1) is 10.9. The third-order valence-electron chi connectivity index (χ3n) is 2.75. The Morgan fingerprint density at radius 2 is 2.15 bits per heavy atom. The van der Waals surface area contributed by atoms with Gasteiger partial charge in [0.15, 0.2) is 0 Å². The van der Waals surface area contributed by atoms with Gasteiger partial charge in [-0.15, -0.1) is 6.54 Å². The van der Waals surface area contributed by atoms with Gasteiger partial charge < -0.3 is 11.1 Å². The third kappa shape index (κ3) is 2.17. The molecule has 0 bridgehead atoms. The van der Waals surface area contributed by atoms with Crippen LogP contribution in [-0.2, 0) is 0 Å². The summed E-state index contributed by atoms with van der Waals surface area (Å²) in [6.07, 6.45) is -0.125. The predicted octanol–water partition coefficient (Wildman–Crippen LogP) is 2.31. The highest BCUT2D eigenvalue weighted by atomic mass is 19.3. The lowest BCUT2D eigenvalue weighted by atomic mass is 9.81. The van der Waals surface area contributed by atoms with E-state index in [2.05, 4.69) is 5.32 Å². The highest BCUT2D eigenvalue weighted by Crippen LogP contribution is 2.36. The minimum absolute atomic E-state index is 0.125. The van der Waals surface area contributed by atoms with E-state index < -0.39 is 11.8 Å². The van der Waals surface area contributed by atoms with E-state index in [4.69, 9.17) is 5.73 Å². The Bertz CT molecular complexity index is 171. The topological polar surface area (TPSA) is 35.8 Å². The summed E-state index contributed by atoms with van der Waals surface area (Å²) in [6, 6.07) is -0.207. The Kier molecular flexibility index (Phi) is 3.24. The molecule has 2 nitrogen and oxygen atoms in total. The van der Waals surface area contributed by atoms with Crippen molar-refractivity contribution in [1.82, 2.24) is 5.32 Å². The molecule has 78 valence electrons. The summed E-state index contributed by atoms with van der Waals surface area (Å²) in [4.78, 5) is 0. The molecule has 2 unspecified atom stereocenters. The smallest absolute Gasteiger partial charge is 0.251 e. The molecule has 0 spiro atoms. The van der Waals surface area contributed by atoms with Crippen LogP contribution < -0.4 is 5.32 Å². The second-order valence-electron chi connectivity index (χ2n) is 4.05. The third-order valence-corrected chi connectivity index (χ3v) is 2.75. The molecule has 0 aliphatic carbocycles. The van der Waals surface area contributed by atoms with Crippen molar-refractivity contribution in [2.45, 2.75) is 32.2 Å². The molecule has 4 heteroatoms. The van der Waals surface area contributed by atoms with Crippen LogP contribution >= 0.6 is 0 Å². The van der Waals surface area contributed by atoms with Crippen molar-refractivity contribution in [2.75, 3.05) is 13.1 Å². The van der Waals surface area contributed by atoms with Crippen molar-refractivity contribution in [3.05, 3.63) is 5.73 Å². The van der Waals surface area contributed by atoms with Crippen molar-refractivity contribution in [3.63, 3.8) is 0 Å². The van der Waals surface area contributed by atoms with Crippen LogP contribution in [0.1, 0.15) is 20.3 Å². The number of piperidine rings is 1. The summed E-state index contributed by atoms with van der Waals surface area (Å²) < 4.78 is 26.6. The van der Waals surface area contributed by atoms with Crippen molar-refractivity contribution >= 4 is 0 Å². The van der Waals surface area contributed by atoms with Gasteiger partial charge in [-0.3, -0.25) is 0 Å². The lowest BCUT2D eigenvalue weighted by molar-refractivity contribution is -0.0950. The molecule has 0 aromatic carbocycles. The van der Waals surface area contributed by atoms with Gasteiger partial charge in [0.05, 0.1) is 0 Å². The van der Waals surface area contributed by atoms with E-state index >= 15 is 0 Å². The molecule has 1 aliphatic heterocycles. The Morgan fingerprint density at radius 3 is 2.54 bits per heavy atom. The number of alkyl halides is 2. The normalized spacial score (nSPS) is 33.7. The van der Waals surface area contributed by atoms with E-state index in [9.17, 15) is 8.78 Å². The van der Waals surface area contributed by atoms with Crippen LogP contribution in [0, 0.1) is 11.8 Å². The molecule has 2 N–H and O–H groups in total. The van der Waals surface area contributed by atoms with Crippen LogP contribution in [0.3, 0.4) is 0 Å². The van der Waals surface area contributed by atoms with E-state index in [1.807, 2.05) is 13.8 Å². The molecule has 1 saturated heterocycles. The average Bonchev–Trinajstić information content (AvgIpc) is 2.02. The van der Waals surface area contributed by atoms with Crippen LogP contribution in [0.5, 0.6) is 0 Å². The monoisotopic (exact) mass is 191 g/mol. The SMILES string of the molecule is CC(C)C1NCCC(F)(F)C1C[NH-]. The molecule has 2 atom stereocenters. The van der Waals surface area contributed by atoms with Gasteiger partial charge in [0, 0.05) is 24.9 Å². The molecule has 0 amide bonds. The fourth-order valence-electron chi connectivity index (χ4n) is 1.97. The van der Waals surface area contributed by atoms with E-state index in [0.717, 1.165) is 0 Å². The summed E-state index contributed by atoms with van der Waals surface area (Å²) in [5, 5.41) is 3.08. The fraction of sp³-hybridized carbons (Fsp3) is 1.00. The molecule has 0 radical (unpaired) electrons. The van der Waals surface area contributed by atoms with Gasteiger partial charge in [0.1, 0.15) is 0 Å². The fourth-order valence-corrected chi connectivity index (χ4v) is 1.97. The molecule has 1 aliphatic rings. The van der Waals surface area contributed by atoms with Crippen LogP contribution in [0.15, 0.2) is 0 Å². The zero-order chi connectivity index (χ0) is 10.1. The Labute approximate surface area is 77.9 Å². The molecule has 13 heavy (non-hydrogen) atoms. The number of halogens is 2. The number of hydrogen-bond acceptors (Lipinski definition) is 1. The number of hydrogen-bond donors (Lipinski definition) is 1. The van der Waals surface area contributed by atoms with Gasteiger partial charge in [-0.2, -0.15) is 0 Å². The van der Waals surface area contributed by atoms with E-state index in [1.54, 1.807) is 0 Å². The summed E-state index contributed by atoms with van der Waals surface area (Å²) >= 11 is 0. The first-order chi connectivity index (χ1) is 5.99. The summed E-state index contributed by atoms with van der Waals surface area (Å²) in [7, 11) is 0. The molecule has 0 saturated carbocycles. The molecule has 1 fully saturated rings. The maximum absolute atomic E-state index is 13.3. The van der Waals surface area contributed by atoms with Crippen molar-refractivity contribution < 1.29 is 8.78 Å². The Hall–Kier alpha value is -0.220. The predicted molar refractivity (Wildman–Crippen MR) is 48.9 cm³/mol. The van der Waals surface area contributed by atoms with E-state index in [0.29, 0.717) is 6.54 Å². The first-order valence-electron chi connectivity index (χ1n) is 4.75. The molecule has 0 aromatic rings. The molecule has 1 rings (SSSR count). The van der Waals surface area contributed by atoms with Gasteiger partial charge >= 0.3 is 0 Å². The van der Waals surface area contributed by atoms with Crippen LogP contribution in [0.25, 0.3) is 5.73 Å². The molecule has 0 aromatic heterocycles. The van der Waals surface area contributed by atoms with Crippen LogP contribution in [0.2, 0.25) is 0 Å². The maximum atomic E-state index is 13.3. The molecular weight excluding hydrogens is 174 g/mol. The molecule has 1 heterocycles. The average molecular weight is 191 g/mol. The lowest BCUT2D eigenvalue weighted by Gasteiger charge is -2.42. The second-order valence-corrected chi connectivity index (χ2v) is 4.05. The van der Waals surface area contributed by atoms with Crippen LogP contribution in [-0.4, -0.2) is 25.1 Å². The zero-order valence-electron chi connectivity index (χ0n) is 8.11. The zero-order valence-corrected chi connectivity index (χ0v) is 8.11. The van der Waals surface area contributed by atoms with Gasteiger partial charge in [0.25, 0.3) is 5.92 Å². The molecular formula is C9H17F2N2-. The van der Waals surface area contributed by atoms with Gasteiger partial charge in [0.2, 0.25) is 0 Å². The van der Waals surface area contributed by atoms with Crippen molar-refractivity contribution in [1.29, 1.82) is 0 Å². The Morgan fingerprint density at radius 1 is 1.54 bits per heavy atom. The quantitative estimate of drug-likeness (QED) is 0.714. The lowest BCUT2D eigenvalue weighted by Crippen LogP contribution is -2.55. The number of nitrogens with one attached hydrogen (secondary N) is 2.